The molecule has 1 aliphatic heterocycles. The Morgan fingerprint density at radius 1 is 1.39 bits per heavy atom. The summed E-state index contributed by atoms with van der Waals surface area (Å²) in [5.74, 6) is 0. The minimum Gasteiger partial charge on any atom is -0.366 e. The Hall–Kier alpha value is -2.08. The Kier molecular flexibility index (Phi) is 4.81. The van der Waals surface area contributed by atoms with Crippen LogP contribution in [0.25, 0.3) is 0 Å². The van der Waals surface area contributed by atoms with Crippen LogP contribution in [-0.4, -0.2) is 30.1 Å². The number of hydrogen-bond acceptors (Lipinski definition) is 4. The topological polar surface area (TPSA) is 57.3 Å². The van der Waals surface area contributed by atoms with Gasteiger partial charge in [-0.1, -0.05) is 18.2 Å². The molecule has 1 aliphatic rings. The SMILES string of the molecule is Cc1csc(CNC(=O)NCC(C)N2CCc3ccccc32)n1. The lowest BCUT2D eigenvalue weighted by molar-refractivity contribution is 0.240. The fourth-order valence-corrected chi connectivity index (χ4v) is 3.59. The smallest absolute Gasteiger partial charge is 0.315 e. The van der Waals surface area contributed by atoms with E-state index in [1.54, 1.807) is 11.3 Å². The van der Waals surface area contributed by atoms with E-state index in [9.17, 15) is 4.79 Å². The molecule has 0 spiro atoms. The van der Waals surface area contributed by atoms with Gasteiger partial charge in [-0.15, -0.1) is 11.3 Å². The number of para-hydroxylation sites is 1. The van der Waals surface area contributed by atoms with Crippen molar-refractivity contribution in [2.24, 2.45) is 0 Å². The van der Waals surface area contributed by atoms with Gasteiger partial charge in [0.2, 0.25) is 0 Å². The molecule has 23 heavy (non-hydrogen) atoms. The van der Waals surface area contributed by atoms with Gasteiger partial charge < -0.3 is 15.5 Å². The number of amides is 2. The molecule has 2 heterocycles. The molecule has 6 heteroatoms. The predicted octanol–water partition coefficient (Wildman–Crippen LogP) is 2.70. The van der Waals surface area contributed by atoms with Crippen molar-refractivity contribution >= 4 is 23.1 Å². The van der Waals surface area contributed by atoms with Crippen LogP contribution in [0.3, 0.4) is 0 Å². The van der Waals surface area contributed by atoms with E-state index in [2.05, 4.69) is 51.7 Å². The first kappa shape index (κ1) is 15.8. The number of urea groups is 1. The summed E-state index contributed by atoms with van der Waals surface area (Å²) >= 11 is 1.57. The van der Waals surface area contributed by atoms with Crippen LogP contribution in [0, 0.1) is 6.92 Å². The van der Waals surface area contributed by atoms with E-state index >= 15 is 0 Å². The lowest BCUT2D eigenvalue weighted by Crippen LogP contribution is -2.44. The molecule has 2 N–H and O–H groups in total. The fourth-order valence-electron chi connectivity index (χ4n) is 2.87. The van der Waals surface area contributed by atoms with E-state index in [1.165, 1.54) is 11.3 Å². The number of rotatable bonds is 5. The van der Waals surface area contributed by atoms with Crippen molar-refractivity contribution in [3.05, 3.63) is 45.9 Å². The molecule has 5 nitrogen and oxygen atoms in total. The van der Waals surface area contributed by atoms with E-state index in [-0.39, 0.29) is 12.1 Å². The molecular weight excluding hydrogens is 308 g/mol. The highest BCUT2D eigenvalue weighted by Gasteiger charge is 2.22. The maximum atomic E-state index is 11.9. The molecule has 1 aromatic heterocycles. The summed E-state index contributed by atoms with van der Waals surface area (Å²) in [4.78, 5) is 18.6. The maximum Gasteiger partial charge on any atom is 0.315 e. The molecule has 0 radical (unpaired) electrons. The van der Waals surface area contributed by atoms with Crippen LogP contribution in [0.15, 0.2) is 29.6 Å². The molecule has 0 aliphatic carbocycles. The number of carbonyl (C=O) groups excluding carboxylic acids is 1. The van der Waals surface area contributed by atoms with Crippen LogP contribution in [0.5, 0.6) is 0 Å². The molecule has 0 saturated carbocycles. The number of nitrogens with one attached hydrogen (secondary N) is 2. The van der Waals surface area contributed by atoms with Gasteiger partial charge in [0.05, 0.1) is 6.54 Å². The first-order chi connectivity index (χ1) is 11.1. The Balaban J connectivity index is 1.46. The second kappa shape index (κ2) is 7.00. The van der Waals surface area contributed by atoms with Crippen molar-refractivity contribution in [1.82, 2.24) is 15.6 Å². The van der Waals surface area contributed by atoms with E-state index in [0.717, 1.165) is 23.7 Å². The molecule has 1 aromatic carbocycles. The lowest BCUT2D eigenvalue weighted by atomic mass is 10.2. The van der Waals surface area contributed by atoms with E-state index in [1.807, 2.05) is 12.3 Å². The highest BCUT2D eigenvalue weighted by molar-refractivity contribution is 7.09. The summed E-state index contributed by atoms with van der Waals surface area (Å²) in [5, 5.41) is 8.73. The Bertz CT molecular complexity index is 685. The predicted molar refractivity (Wildman–Crippen MR) is 94.0 cm³/mol. The number of benzene rings is 1. The normalized spacial score (nSPS) is 14.4. The number of aryl methyl sites for hydroxylation is 1. The second-order valence-electron chi connectivity index (χ2n) is 5.87. The zero-order valence-corrected chi connectivity index (χ0v) is 14.3. The molecule has 1 atom stereocenters. The highest BCUT2D eigenvalue weighted by Crippen LogP contribution is 2.28. The van der Waals surface area contributed by atoms with Gasteiger partial charge in [-0.25, -0.2) is 9.78 Å². The number of nitrogens with zero attached hydrogens (tertiary/aromatic N) is 2. The van der Waals surface area contributed by atoms with E-state index < -0.39 is 0 Å². The maximum absolute atomic E-state index is 11.9. The molecule has 0 bridgehead atoms. The third kappa shape index (κ3) is 3.82. The Labute approximate surface area is 140 Å². The highest BCUT2D eigenvalue weighted by atomic mass is 32.1. The lowest BCUT2D eigenvalue weighted by Gasteiger charge is -2.27. The monoisotopic (exact) mass is 330 g/mol. The third-order valence-corrected chi connectivity index (χ3v) is 5.05. The van der Waals surface area contributed by atoms with Gasteiger partial charge in [0.25, 0.3) is 0 Å². The zero-order valence-electron chi connectivity index (χ0n) is 13.5. The second-order valence-corrected chi connectivity index (χ2v) is 6.81. The summed E-state index contributed by atoms with van der Waals surface area (Å²) in [5.41, 5.74) is 3.68. The summed E-state index contributed by atoms with van der Waals surface area (Å²) in [6.07, 6.45) is 1.08. The van der Waals surface area contributed by atoms with Crippen molar-refractivity contribution in [2.75, 3.05) is 18.0 Å². The summed E-state index contributed by atoms with van der Waals surface area (Å²) < 4.78 is 0. The number of anilines is 1. The third-order valence-electron chi connectivity index (χ3n) is 4.08. The number of thiazole rings is 1. The van der Waals surface area contributed by atoms with Gasteiger partial charge in [0.1, 0.15) is 5.01 Å². The van der Waals surface area contributed by atoms with Crippen LogP contribution in [0.2, 0.25) is 0 Å². The van der Waals surface area contributed by atoms with Crippen LogP contribution in [0.1, 0.15) is 23.2 Å². The molecular formula is C17H22N4OS. The summed E-state index contributed by atoms with van der Waals surface area (Å²) in [6.45, 7) is 6.22. The molecule has 2 amide bonds. The number of carbonyl (C=O) groups is 1. The van der Waals surface area contributed by atoms with Gasteiger partial charge in [-0.05, 0) is 31.9 Å². The minimum absolute atomic E-state index is 0.141. The molecule has 2 aromatic rings. The summed E-state index contributed by atoms with van der Waals surface area (Å²) in [6, 6.07) is 8.62. The van der Waals surface area contributed by atoms with Gasteiger partial charge in [-0.2, -0.15) is 0 Å². The molecule has 122 valence electrons. The standard InChI is InChI=1S/C17H22N4OS/c1-12-11-23-16(20-12)10-19-17(22)18-9-13(2)21-8-7-14-5-3-4-6-15(14)21/h3-6,11,13H,7-10H2,1-2H3,(H2,18,19,22). The van der Waals surface area contributed by atoms with Gasteiger partial charge in [0.15, 0.2) is 0 Å². The van der Waals surface area contributed by atoms with Gasteiger partial charge in [-0.3, -0.25) is 0 Å². The largest absolute Gasteiger partial charge is 0.366 e. The van der Waals surface area contributed by atoms with E-state index in [0.29, 0.717) is 13.1 Å². The van der Waals surface area contributed by atoms with Gasteiger partial charge >= 0.3 is 6.03 Å². The first-order valence-corrected chi connectivity index (χ1v) is 8.78. The molecule has 0 saturated heterocycles. The first-order valence-electron chi connectivity index (χ1n) is 7.91. The van der Waals surface area contributed by atoms with Gasteiger partial charge in [0, 0.05) is 35.9 Å². The fraction of sp³-hybridized carbons (Fsp3) is 0.412. The molecule has 3 rings (SSSR count). The average Bonchev–Trinajstić information content (AvgIpc) is 3.16. The quantitative estimate of drug-likeness (QED) is 0.886. The van der Waals surface area contributed by atoms with Crippen LogP contribution < -0.4 is 15.5 Å². The van der Waals surface area contributed by atoms with Crippen molar-refractivity contribution in [1.29, 1.82) is 0 Å². The van der Waals surface area contributed by atoms with Crippen LogP contribution >= 0.6 is 11.3 Å². The zero-order chi connectivity index (χ0) is 16.2. The van der Waals surface area contributed by atoms with Crippen molar-refractivity contribution in [3.63, 3.8) is 0 Å². The van der Waals surface area contributed by atoms with Crippen LogP contribution in [-0.2, 0) is 13.0 Å². The molecule has 1 unspecified atom stereocenters. The number of aromatic nitrogens is 1. The summed E-state index contributed by atoms with van der Waals surface area (Å²) in [7, 11) is 0. The number of hydrogen-bond donors (Lipinski definition) is 2. The van der Waals surface area contributed by atoms with Crippen molar-refractivity contribution < 1.29 is 4.79 Å². The minimum atomic E-state index is -0.141. The number of fused-ring (bicyclic) bond motifs is 1. The van der Waals surface area contributed by atoms with E-state index in [4.69, 9.17) is 0 Å². The Morgan fingerprint density at radius 2 is 2.22 bits per heavy atom. The van der Waals surface area contributed by atoms with Crippen molar-refractivity contribution in [2.45, 2.75) is 32.9 Å². The average molecular weight is 330 g/mol. The molecule has 0 fully saturated rings. The van der Waals surface area contributed by atoms with Crippen molar-refractivity contribution in [3.8, 4) is 0 Å². The van der Waals surface area contributed by atoms with Crippen LogP contribution in [0.4, 0.5) is 10.5 Å². The Morgan fingerprint density at radius 3 is 3.00 bits per heavy atom.